The van der Waals surface area contributed by atoms with Crippen LogP contribution in [0.4, 0.5) is 5.13 Å². The van der Waals surface area contributed by atoms with Gasteiger partial charge in [0.05, 0.1) is 0 Å². The van der Waals surface area contributed by atoms with Gasteiger partial charge in [-0.05, 0) is 18.8 Å². The molecule has 1 saturated heterocycles. The molecule has 16 heavy (non-hydrogen) atoms. The Kier molecular flexibility index (Phi) is 3.40. The molecule has 1 aromatic rings. The lowest BCUT2D eigenvalue weighted by atomic mass is 10.1. The average Bonchev–Trinajstić information content (AvgIpc) is 2.87. The second kappa shape index (κ2) is 4.80. The van der Waals surface area contributed by atoms with E-state index >= 15 is 0 Å². The molecule has 0 aromatic carbocycles. The lowest BCUT2D eigenvalue weighted by molar-refractivity contribution is 0.0780. The fourth-order valence-electron chi connectivity index (χ4n) is 1.98. The van der Waals surface area contributed by atoms with Gasteiger partial charge in [0.1, 0.15) is 5.69 Å². The Hall–Kier alpha value is -1.14. The number of nitrogen functional groups attached to an aromatic ring is 1. The van der Waals surface area contributed by atoms with Crippen molar-refractivity contribution in [1.29, 1.82) is 0 Å². The summed E-state index contributed by atoms with van der Waals surface area (Å²) in [5, 5.41) is 11.0. The van der Waals surface area contributed by atoms with E-state index in [2.05, 4.69) is 4.98 Å². The Labute approximate surface area is 97.9 Å². The summed E-state index contributed by atoms with van der Waals surface area (Å²) in [4.78, 5) is 17.7. The van der Waals surface area contributed by atoms with E-state index < -0.39 is 0 Å². The maximum atomic E-state index is 12.0. The molecular formula is C10H15N3O2S. The van der Waals surface area contributed by atoms with Crippen molar-refractivity contribution in [3.8, 4) is 0 Å². The van der Waals surface area contributed by atoms with Gasteiger partial charge in [-0.15, -0.1) is 11.3 Å². The van der Waals surface area contributed by atoms with Crippen LogP contribution < -0.4 is 5.73 Å². The first kappa shape index (κ1) is 11.3. The summed E-state index contributed by atoms with van der Waals surface area (Å²) >= 11 is 1.28. The van der Waals surface area contributed by atoms with Crippen molar-refractivity contribution in [3.63, 3.8) is 0 Å². The van der Waals surface area contributed by atoms with E-state index in [1.165, 1.54) is 11.3 Å². The first-order valence-corrected chi connectivity index (χ1v) is 6.20. The quantitative estimate of drug-likeness (QED) is 0.811. The molecule has 88 valence electrons. The highest BCUT2D eigenvalue weighted by atomic mass is 32.1. The Bertz CT molecular complexity index is 380. The van der Waals surface area contributed by atoms with Crippen molar-refractivity contribution in [2.75, 3.05) is 25.4 Å². The number of aliphatic hydroxyl groups excluding tert-OH is 1. The SMILES string of the molecule is Nc1nc(C(=O)N2CCC(CCO)C2)cs1. The molecule has 0 bridgehead atoms. The minimum atomic E-state index is -0.0478. The molecule has 1 aromatic heterocycles. The Morgan fingerprint density at radius 1 is 1.75 bits per heavy atom. The lowest BCUT2D eigenvalue weighted by Gasteiger charge is -2.14. The van der Waals surface area contributed by atoms with Crippen molar-refractivity contribution in [1.82, 2.24) is 9.88 Å². The van der Waals surface area contributed by atoms with Crippen molar-refractivity contribution < 1.29 is 9.90 Å². The average molecular weight is 241 g/mol. The summed E-state index contributed by atoms with van der Waals surface area (Å²) in [5.74, 6) is 0.373. The summed E-state index contributed by atoms with van der Waals surface area (Å²) in [5.41, 5.74) is 5.93. The van der Waals surface area contributed by atoms with E-state index in [1.807, 2.05) is 0 Å². The van der Waals surface area contributed by atoms with E-state index in [9.17, 15) is 4.79 Å². The number of aliphatic hydroxyl groups is 1. The first-order chi connectivity index (χ1) is 7.70. The topological polar surface area (TPSA) is 79.5 Å². The van der Waals surface area contributed by atoms with Crippen LogP contribution in [0.1, 0.15) is 23.3 Å². The number of carbonyl (C=O) groups excluding carboxylic acids is 1. The molecule has 1 aliphatic heterocycles. The third-order valence-electron chi connectivity index (χ3n) is 2.85. The van der Waals surface area contributed by atoms with Gasteiger partial charge in [-0.3, -0.25) is 4.79 Å². The third kappa shape index (κ3) is 2.33. The second-order valence-electron chi connectivity index (χ2n) is 3.99. The van der Waals surface area contributed by atoms with E-state index in [1.54, 1.807) is 10.3 Å². The lowest BCUT2D eigenvalue weighted by Crippen LogP contribution is -2.29. The maximum Gasteiger partial charge on any atom is 0.273 e. The highest BCUT2D eigenvalue weighted by molar-refractivity contribution is 7.13. The molecule has 0 saturated carbocycles. The van der Waals surface area contributed by atoms with E-state index in [0.29, 0.717) is 16.7 Å². The molecule has 2 rings (SSSR count). The minimum Gasteiger partial charge on any atom is -0.396 e. The van der Waals surface area contributed by atoms with Crippen LogP contribution in [-0.4, -0.2) is 40.6 Å². The van der Waals surface area contributed by atoms with Gasteiger partial charge in [0.15, 0.2) is 5.13 Å². The van der Waals surface area contributed by atoms with Crippen LogP contribution >= 0.6 is 11.3 Å². The Morgan fingerprint density at radius 2 is 2.56 bits per heavy atom. The molecule has 0 radical (unpaired) electrons. The summed E-state index contributed by atoms with van der Waals surface area (Å²) < 4.78 is 0. The van der Waals surface area contributed by atoms with Crippen molar-refractivity contribution in [2.45, 2.75) is 12.8 Å². The van der Waals surface area contributed by atoms with Crippen molar-refractivity contribution >= 4 is 22.4 Å². The van der Waals surface area contributed by atoms with Crippen LogP contribution in [0.2, 0.25) is 0 Å². The largest absolute Gasteiger partial charge is 0.396 e. The van der Waals surface area contributed by atoms with Crippen LogP contribution in [0.5, 0.6) is 0 Å². The molecule has 1 fully saturated rings. The second-order valence-corrected chi connectivity index (χ2v) is 4.88. The highest BCUT2D eigenvalue weighted by Gasteiger charge is 2.27. The molecule has 1 atom stereocenters. The summed E-state index contributed by atoms with van der Waals surface area (Å²) in [7, 11) is 0. The number of carbonyl (C=O) groups is 1. The zero-order valence-corrected chi connectivity index (χ0v) is 9.74. The Morgan fingerprint density at radius 3 is 3.19 bits per heavy atom. The van der Waals surface area contributed by atoms with E-state index in [0.717, 1.165) is 25.9 Å². The van der Waals surface area contributed by atoms with Gasteiger partial charge >= 0.3 is 0 Å². The zero-order valence-electron chi connectivity index (χ0n) is 8.93. The van der Waals surface area contributed by atoms with Gasteiger partial charge in [0.2, 0.25) is 0 Å². The molecule has 1 unspecified atom stereocenters. The Balaban J connectivity index is 1.97. The number of likely N-dealkylation sites (tertiary alicyclic amines) is 1. The number of rotatable bonds is 3. The standard InChI is InChI=1S/C10H15N3O2S/c11-10-12-8(6-16-10)9(15)13-3-1-7(5-13)2-4-14/h6-7,14H,1-5H2,(H2,11,12). The molecule has 3 N–H and O–H groups in total. The molecule has 1 amide bonds. The molecule has 5 nitrogen and oxygen atoms in total. The van der Waals surface area contributed by atoms with Crippen molar-refractivity contribution in [2.24, 2.45) is 5.92 Å². The van der Waals surface area contributed by atoms with Gasteiger partial charge < -0.3 is 15.7 Å². The molecule has 6 heteroatoms. The third-order valence-corrected chi connectivity index (χ3v) is 3.53. The number of nitrogens with zero attached hydrogens (tertiary/aromatic N) is 2. The summed E-state index contributed by atoms with van der Waals surface area (Å²) in [6, 6.07) is 0. The highest BCUT2D eigenvalue weighted by Crippen LogP contribution is 2.22. The predicted molar refractivity (Wildman–Crippen MR) is 62.2 cm³/mol. The first-order valence-electron chi connectivity index (χ1n) is 5.32. The maximum absolute atomic E-state index is 12.0. The van der Waals surface area contributed by atoms with Gasteiger partial charge in [-0.25, -0.2) is 4.98 Å². The van der Waals surface area contributed by atoms with Gasteiger partial charge in [-0.1, -0.05) is 0 Å². The molecular weight excluding hydrogens is 226 g/mol. The smallest absolute Gasteiger partial charge is 0.273 e. The van der Waals surface area contributed by atoms with E-state index in [-0.39, 0.29) is 12.5 Å². The van der Waals surface area contributed by atoms with Crippen LogP contribution in [0, 0.1) is 5.92 Å². The number of hydrogen-bond acceptors (Lipinski definition) is 5. The zero-order chi connectivity index (χ0) is 11.5. The van der Waals surface area contributed by atoms with E-state index in [4.69, 9.17) is 10.8 Å². The normalized spacial score (nSPS) is 20.3. The molecule has 1 aliphatic rings. The van der Waals surface area contributed by atoms with Gasteiger partial charge in [0.25, 0.3) is 5.91 Å². The minimum absolute atomic E-state index is 0.0478. The summed E-state index contributed by atoms with van der Waals surface area (Å²) in [6.45, 7) is 1.66. The van der Waals surface area contributed by atoms with Gasteiger partial charge in [-0.2, -0.15) is 0 Å². The van der Waals surface area contributed by atoms with Gasteiger partial charge in [0, 0.05) is 25.1 Å². The fraction of sp³-hybridized carbons (Fsp3) is 0.600. The molecule has 2 heterocycles. The number of anilines is 1. The number of amides is 1. The number of thiazole rings is 1. The number of aromatic nitrogens is 1. The van der Waals surface area contributed by atoms with Crippen LogP contribution in [0.3, 0.4) is 0 Å². The summed E-state index contributed by atoms with van der Waals surface area (Å²) in [6.07, 6.45) is 1.73. The number of nitrogens with two attached hydrogens (primary N) is 1. The van der Waals surface area contributed by atoms with Crippen LogP contribution in [0.15, 0.2) is 5.38 Å². The van der Waals surface area contributed by atoms with Crippen molar-refractivity contribution in [3.05, 3.63) is 11.1 Å². The predicted octanol–water partition coefficient (Wildman–Crippen LogP) is 0.570. The monoisotopic (exact) mass is 241 g/mol. The number of hydrogen-bond donors (Lipinski definition) is 2. The van der Waals surface area contributed by atoms with Crippen LogP contribution in [-0.2, 0) is 0 Å². The molecule has 0 spiro atoms. The molecule has 0 aliphatic carbocycles. The van der Waals surface area contributed by atoms with Crippen LogP contribution in [0.25, 0.3) is 0 Å². The fourth-order valence-corrected chi connectivity index (χ4v) is 2.52.